The van der Waals surface area contributed by atoms with E-state index < -0.39 is 12.0 Å². The molecule has 84 valence electrons. The molecule has 0 N–H and O–H groups in total. The highest BCUT2D eigenvalue weighted by atomic mass is 16.5. The van der Waals surface area contributed by atoms with Gasteiger partial charge in [0.05, 0.1) is 5.97 Å². The third-order valence-corrected chi connectivity index (χ3v) is 2.64. The molecule has 0 amide bonds. The third-order valence-electron chi connectivity index (χ3n) is 2.64. The molecule has 0 aliphatic carbocycles. The molecule has 0 aliphatic heterocycles. The van der Waals surface area contributed by atoms with Crippen molar-refractivity contribution in [2.75, 3.05) is 0 Å². The monoisotopic (exact) mass is 211 g/mol. The number of hydrogen-bond acceptors (Lipinski definition) is 3. The van der Waals surface area contributed by atoms with Gasteiger partial charge in [0.15, 0.2) is 0 Å². The lowest BCUT2D eigenvalue weighted by atomic mass is 10.0. The van der Waals surface area contributed by atoms with E-state index in [2.05, 4.69) is 0 Å². The van der Waals surface area contributed by atoms with Gasteiger partial charge in [-0.15, -0.1) is 0 Å². The van der Waals surface area contributed by atoms with E-state index in [1.54, 1.807) is 27.7 Å². The highest BCUT2D eigenvalue weighted by Gasteiger charge is 2.25. The van der Waals surface area contributed by atoms with Crippen molar-refractivity contribution in [3.8, 4) is 0 Å². The molecule has 15 heavy (non-hydrogen) atoms. The minimum absolute atomic E-state index is 0.125. The van der Waals surface area contributed by atoms with Gasteiger partial charge in [0, 0.05) is 13.8 Å². The topological polar surface area (TPSA) is 72.0 Å². The van der Waals surface area contributed by atoms with E-state index in [9.17, 15) is 15.1 Å². The number of carbonyl (C=O) groups is 1. The molecule has 1 rings (SSSR count). The van der Waals surface area contributed by atoms with Crippen LogP contribution in [0.25, 0.3) is 0 Å². The quantitative estimate of drug-likeness (QED) is 0.508. The molecule has 5 nitrogen and oxygen atoms in total. The summed E-state index contributed by atoms with van der Waals surface area (Å²) >= 11 is 0. The zero-order valence-corrected chi connectivity index (χ0v) is 9.35. The summed E-state index contributed by atoms with van der Waals surface area (Å²) in [4.78, 5) is 11.0. The molecular formula is C10H15N2O3-. The van der Waals surface area contributed by atoms with E-state index in [-0.39, 0.29) is 5.92 Å². The molecule has 1 heterocycles. The number of imidazole rings is 1. The first-order valence-electron chi connectivity index (χ1n) is 4.84. The first kappa shape index (κ1) is 11.6. The summed E-state index contributed by atoms with van der Waals surface area (Å²) in [5.41, 5.74) is 1.18. The summed E-state index contributed by atoms with van der Waals surface area (Å²) in [6.07, 6.45) is 1.26. The number of nitrogens with zero attached hydrogens (tertiary/aromatic N) is 2. The van der Waals surface area contributed by atoms with E-state index in [1.807, 2.05) is 0 Å². The van der Waals surface area contributed by atoms with Crippen LogP contribution in [0, 0.1) is 25.0 Å². The van der Waals surface area contributed by atoms with Crippen LogP contribution in [0.1, 0.15) is 31.3 Å². The average Bonchev–Trinajstić information content (AvgIpc) is 2.33. The summed E-state index contributed by atoms with van der Waals surface area (Å²) in [6, 6.07) is -0.793. The third kappa shape index (κ3) is 1.95. The number of carboxylic acids is 1. The maximum absolute atomic E-state index is 11.3. The minimum Gasteiger partial charge on any atom is -0.711 e. The Labute approximate surface area is 88.5 Å². The fourth-order valence-corrected chi connectivity index (χ4v) is 1.62. The molecule has 1 aromatic rings. The Morgan fingerprint density at radius 1 is 1.47 bits per heavy atom. The van der Waals surface area contributed by atoms with Crippen LogP contribution in [0.5, 0.6) is 0 Å². The second kappa shape index (κ2) is 3.92. The Morgan fingerprint density at radius 2 is 2.00 bits per heavy atom. The molecule has 0 radical (unpaired) electrons. The Balaban J connectivity index is 3.23. The summed E-state index contributed by atoms with van der Waals surface area (Å²) < 4.78 is 2.13. The lowest BCUT2D eigenvalue weighted by Gasteiger charge is -2.19. The zero-order chi connectivity index (χ0) is 11.7. The van der Waals surface area contributed by atoms with Crippen LogP contribution in [0.15, 0.2) is 6.33 Å². The summed E-state index contributed by atoms with van der Waals surface area (Å²) in [7, 11) is 0. The van der Waals surface area contributed by atoms with Crippen molar-refractivity contribution < 1.29 is 14.6 Å². The van der Waals surface area contributed by atoms with Gasteiger partial charge in [-0.1, -0.05) is 13.8 Å². The number of carbonyl (C=O) groups excluding carboxylic acids is 1. The highest BCUT2D eigenvalue weighted by molar-refractivity contribution is 5.70. The van der Waals surface area contributed by atoms with Gasteiger partial charge in [-0.2, -0.15) is 0 Å². The van der Waals surface area contributed by atoms with Gasteiger partial charge in [-0.3, -0.25) is 0 Å². The van der Waals surface area contributed by atoms with Crippen LogP contribution >= 0.6 is 0 Å². The van der Waals surface area contributed by atoms with Gasteiger partial charge in [0.2, 0.25) is 6.33 Å². The van der Waals surface area contributed by atoms with Crippen LogP contribution in [-0.4, -0.2) is 10.5 Å². The van der Waals surface area contributed by atoms with Crippen molar-refractivity contribution in [3.05, 3.63) is 22.9 Å². The van der Waals surface area contributed by atoms with Gasteiger partial charge < -0.3 is 15.1 Å². The van der Waals surface area contributed by atoms with Crippen molar-refractivity contribution in [1.82, 2.24) is 4.57 Å². The average molecular weight is 211 g/mol. The van der Waals surface area contributed by atoms with Crippen molar-refractivity contribution in [3.63, 3.8) is 0 Å². The maximum atomic E-state index is 11.3. The number of aromatic nitrogens is 2. The molecule has 1 aromatic heterocycles. The molecule has 0 saturated heterocycles. The predicted octanol–water partition coefficient (Wildman–Crippen LogP) is -0.315. The molecule has 0 bridgehead atoms. The van der Waals surface area contributed by atoms with Gasteiger partial charge in [-0.25, -0.2) is 9.30 Å². The normalized spacial score (nSPS) is 13.1. The van der Waals surface area contributed by atoms with Crippen LogP contribution in [-0.2, 0) is 4.79 Å². The van der Waals surface area contributed by atoms with E-state index in [0.717, 1.165) is 0 Å². The lowest BCUT2D eigenvalue weighted by molar-refractivity contribution is -0.611. The van der Waals surface area contributed by atoms with E-state index >= 15 is 0 Å². The first-order valence-corrected chi connectivity index (χ1v) is 4.84. The van der Waals surface area contributed by atoms with Gasteiger partial charge >= 0.3 is 0 Å². The van der Waals surface area contributed by atoms with Crippen molar-refractivity contribution in [2.45, 2.75) is 33.7 Å². The Kier molecular flexibility index (Phi) is 3.02. The summed E-state index contributed by atoms with van der Waals surface area (Å²) in [6.45, 7) is 6.95. The Bertz CT molecular complexity index is 382. The van der Waals surface area contributed by atoms with Crippen molar-refractivity contribution in [2.24, 2.45) is 5.92 Å². The van der Waals surface area contributed by atoms with Crippen LogP contribution < -0.4 is 9.84 Å². The smallest absolute Gasteiger partial charge is 0.247 e. The van der Waals surface area contributed by atoms with E-state index in [1.165, 1.54) is 10.9 Å². The van der Waals surface area contributed by atoms with Crippen molar-refractivity contribution >= 4 is 5.97 Å². The molecule has 1 atom stereocenters. The fourth-order valence-electron chi connectivity index (χ4n) is 1.62. The molecule has 0 aromatic carbocycles. The number of rotatable bonds is 3. The minimum atomic E-state index is -1.16. The van der Waals surface area contributed by atoms with Crippen LogP contribution in [0.2, 0.25) is 0 Å². The van der Waals surface area contributed by atoms with Gasteiger partial charge in [0.1, 0.15) is 17.4 Å². The first-order chi connectivity index (χ1) is 6.86. The largest absolute Gasteiger partial charge is 0.711 e. The van der Waals surface area contributed by atoms with E-state index in [0.29, 0.717) is 16.1 Å². The second-order valence-electron chi connectivity index (χ2n) is 4.03. The molecule has 5 heteroatoms. The molecular weight excluding hydrogens is 196 g/mol. The SMILES string of the molecule is Cc1c(C)[n+]([O-])cn1[C@@H](C(=O)[O-])C(C)C. The van der Waals surface area contributed by atoms with E-state index in [4.69, 9.17) is 0 Å². The molecule has 0 aliphatic rings. The molecule has 0 unspecified atom stereocenters. The fraction of sp³-hybridized carbons (Fsp3) is 0.600. The Morgan fingerprint density at radius 3 is 2.27 bits per heavy atom. The standard InChI is InChI=1S/C10H16N2O3/c1-6(2)9(10(13)14)11-5-12(15)8(4)7(11)3/h5-6,9H,1-4H3,(H,13,14)/p-1/t9-/m1/s1. The summed E-state index contributed by atoms with van der Waals surface area (Å²) in [5.74, 6) is -1.29. The number of hydrogen-bond donors (Lipinski definition) is 0. The Hall–Kier alpha value is -1.52. The van der Waals surface area contributed by atoms with Gasteiger partial charge in [0.25, 0.3) is 0 Å². The van der Waals surface area contributed by atoms with Crippen LogP contribution in [0.4, 0.5) is 0 Å². The molecule has 0 fully saturated rings. The maximum Gasteiger partial charge on any atom is 0.247 e. The lowest BCUT2D eigenvalue weighted by Crippen LogP contribution is -2.37. The summed E-state index contributed by atoms with van der Waals surface area (Å²) in [5, 5.41) is 22.3. The predicted molar refractivity (Wildman–Crippen MR) is 51.7 cm³/mol. The molecule has 0 spiro atoms. The number of carboxylic acid groups (broad SMARTS) is 1. The highest BCUT2D eigenvalue weighted by Crippen LogP contribution is 2.19. The second-order valence-corrected chi connectivity index (χ2v) is 4.03. The van der Waals surface area contributed by atoms with Crippen LogP contribution in [0.3, 0.4) is 0 Å². The van der Waals surface area contributed by atoms with Crippen molar-refractivity contribution in [1.29, 1.82) is 0 Å². The molecule has 0 saturated carbocycles. The zero-order valence-electron chi connectivity index (χ0n) is 9.35. The van der Waals surface area contributed by atoms with Gasteiger partial charge in [-0.05, 0) is 5.92 Å². The number of aliphatic carboxylic acids is 1.